The van der Waals surface area contributed by atoms with E-state index in [1.54, 1.807) is 0 Å². The summed E-state index contributed by atoms with van der Waals surface area (Å²) in [5.41, 5.74) is 6.25. The molecule has 8 heteroatoms. The van der Waals surface area contributed by atoms with Crippen molar-refractivity contribution in [3.05, 3.63) is 23.2 Å². The number of nitrogen functional groups attached to an aromatic ring is 1. The van der Waals surface area contributed by atoms with E-state index in [2.05, 4.69) is 10.1 Å². The van der Waals surface area contributed by atoms with Crippen molar-refractivity contribution in [2.45, 2.75) is 12.6 Å². The molecule has 0 aliphatic rings. The zero-order valence-corrected chi connectivity index (χ0v) is 10.5. The van der Waals surface area contributed by atoms with Gasteiger partial charge in [0.05, 0.1) is 23.7 Å². The summed E-state index contributed by atoms with van der Waals surface area (Å²) in [5.74, 6) is -0.469. The number of carbonyl (C=O) groups excluding carboxylic acids is 1. The summed E-state index contributed by atoms with van der Waals surface area (Å²) >= 11 is 5.70. The van der Waals surface area contributed by atoms with E-state index in [0.717, 1.165) is 0 Å². The van der Waals surface area contributed by atoms with Crippen LogP contribution in [0.25, 0.3) is 0 Å². The molecule has 0 aromatic heterocycles. The second-order valence-electron chi connectivity index (χ2n) is 3.70. The smallest absolute Gasteiger partial charge is 0.397 e. The third-order valence-electron chi connectivity index (χ3n) is 2.02. The maximum absolute atomic E-state index is 11.8. The van der Waals surface area contributed by atoms with Crippen LogP contribution in [-0.4, -0.2) is 25.3 Å². The number of carbonyl (C=O) groups is 1. The van der Waals surface area contributed by atoms with E-state index < -0.39 is 18.7 Å². The van der Waals surface area contributed by atoms with E-state index in [9.17, 15) is 18.0 Å². The number of anilines is 2. The van der Waals surface area contributed by atoms with Crippen LogP contribution in [0.15, 0.2) is 18.2 Å². The zero-order chi connectivity index (χ0) is 14.5. The average molecular weight is 297 g/mol. The Kier molecular flexibility index (Phi) is 5.44. The largest absolute Gasteiger partial charge is 0.411 e. The normalized spacial score (nSPS) is 11.4. The predicted molar refractivity (Wildman–Crippen MR) is 66.0 cm³/mol. The Morgan fingerprint density at radius 1 is 1.42 bits per heavy atom. The number of nitrogens with one attached hydrogen (secondary N) is 1. The van der Waals surface area contributed by atoms with Crippen molar-refractivity contribution in [1.82, 2.24) is 0 Å². The van der Waals surface area contributed by atoms with Crippen LogP contribution in [0.5, 0.6) is 0 Å². The Morgan fingerprint density at radius 3 is 2.68 bits per heavy atom. The molecular weight excluding hydrogens is 285 g/mol. The minimum atomic E-state index is -4.39. The molecule has 19 heavy (non-hydrogen) atoms. The molecule has 0 heterocycles. The standard InChI is InChI=1S/C11H12ClF3N2O2/c12-8-2-1-7(5-9(8)16)17-10(18)3-4-19-6-11(13,14)15/h1-2,5H,3-4,6,16H2,(H,17,18). The molecule has 1 rings (SSSR count). The topological polar surface area (TPSA) is 64.3 Å². The van der Waals surface area contributed by atoms with Gasteiger partial charge in [0.2, 0.25) is 5.91 Å². The van der Waals surface area contributed by atoms with Gasteiger partial charge in [-0.25, -0.2) is 0 Å². The number of hydrogen-bond donors (Lipinski definition) is 2. The molecule has 0 saturated heterocycles. The third-order valence-corrected chi connectivity index (χ3v) is 2.36. The Morgan fingerprint density at radius 2 is 2.11 bits per heavy atom. The number of rotatable bonds is 5. The summed E-state index contributed by atoms with van der Waals surface area (Å²) in [4.78, 5) is 11.4. The van der Waals surface area contributed by atoms with Gasteiger partial charge in [-0.15, -0.1) is 0 Å². The lowest BCUT2D eigenvalue weighted by atomic mass is 10.2. The van der Waals surface area contributed by atoms with Gasteiger partial charge in [0, 0.05) is 5.69 Å². The number of ether oxygens (including phenoxy) is 1. The highest BCUT2D eigenvalue weighted by molar-refractivity contribution is 6.33. The lowest BCUT2D eigenvalue weighted by Crippen LogP contribution is -2.20. The molecule has 0 radical (unpaired) electrons. The van der Waals surface area contributed by atoms with Crippen LogP contribution in [0.2, 0.25) is 5.02 Å². The molecule has 1 aromatic carbocycles. The minimum Gasteiger partial charge on any atom is -0.397 e. The van der Waals surface area contributed by atoms with Gasteiger partial charge in [-0.2, -0.15) is 13.2 Å². The van der Waals surface area contributed by atoms with Gasteiger partial charge in [0.15, 0.2) is 0 Å². The van der Waals surface area contributed by atoms with Gasteiger partial charge in [-0.1, -0.05) is 11.6 Å². The van der Waals surface area contributed by atoms with Crippen LogP contribution in [0.4, 0.5) is 24.5 Å². The molecule has 1 aromatic rings. The van der Waals surface area contributed by atoms with E-state index in [1.165, 1.54) is 18.2 Å². The van der Waals surface area contributed by atoms with Crippen molar-refractivity contribution in [2.75, 3.05) is 24.3 Å². The van der Waals surface area contributed by atoms with Crippen LogP contribution >= 0.6 is 11.6 Å². The van der Waals surface area contributed by atoms with E-state index in [1.807, 2.05) is 0 Å². The molecule has 0 unspecified atom stereocenters. The SMILES string of the molecule is Nc1cc(NC(=O)CCOCC(F)(F)F)ccc1Cl. The van der Waals surface area contributed by atoms with Crippen molar-refractivity contribution < 1.29 is 22.7 Å². The van der Waals surface area contributed by atoms with Gasteiger partial charge in [-0.05, 0) is 18.2 Å². The first-order valence-electron chi connectivity index (χ1n) is 5.27. The quantitative estimate of drug-likeness (QED) is 0.649. The monoisotopic (exact) mass is 296 g/mol. The lowest BCUT2D eigenvalue weighted by Gasteiger charge is -2.08. The van der Waals surface area contributed by atoms with Gasteiger partial charge in [0.25, 0.3) is 0 Å². The van der Waals surface area contributed by atoms with E-state index in [-0.39, 0.29) is 13.0 Å². The molecule has 0 spiro atoms. The van der Waals surface area contributed by atoms with Crippen LogP contribution in [0.1, 0.15) is 6.42 Å². The second kappa shape index (κ2) is 6.63. The number of alkyl halides is 3. The van der Waals surface area contributed by atoms with Crippen LogP contribution < -0.4 is 11.1 Å². The fourth-order valence-electron chi connectivity index (χ4n) is 1.20. The van der Waals surface area contributed by atoms with Gasteiger partial charge in [0.1, 0.15) is 6.61 Å². The van der Waals surface area contributed by atoms with Crippen molar-refractivity contribution in [3.8, 4) is 0 Å². The number of amides is 1. The van der Waals surface area contributed by atoms with Crippen LogP contribution in [0.3, 0.4) is 0 Å². The van der Waals surface area contributed by atoms with Crippen molar-refractivity contribution in [3.63, 3.8) is 0 Å². The summed E-state index contributed by atoms with van der Waals surface area (Å²) in [5, 5.41) is 2.82. The summed E-state index contributed by atoms with van der Waals surface area (Å²) < 4.78 is 39.6. The summed E-state index contributed by atoms with van der Waals surface area (Å²) in [6.45, 7) is -1.68. The molecule has 0 bridgehead atoms. The van der Waals surface area contributed by atoms with Gasteiger partial charge < -0.3 is 15.8 Å². The van der Waals surface area contributed by atoms with Crippen molar-refractivity contribution >= 4 is 28.9 Å². The molecule has 0 aliphatic heterocycles. The fraction of sp³-hybridized carbons (Fsp3) is 0.364. The Hall–Kier alpha value is -1.47. The van der Waals surface area contributed by atoms with E-state index >= 15 is 0 Å². The zero-order valence-electron chi connectivity index (χ0n) is 9.76. The molecule has 0 fully saturated rings. The summed E-state index contributed by atoms with van der Waals surface area (Å²) in [6, 6.07) is 4.50. The highest BCUT2D eigenvalue weighted by atomic mass is 35.5. The van der Waals surface area contributed by atoms with Crippen LogP contribution in [0, 0.1) is 0 Å². The number of hydrogen-bond acceptors (Lipinski definition) is 3. The Balaban J connectivity index is 2.33. The molecule has 4 nitrogen and oxygen atoms in total. The maximum Gasteiger partial charge on any atom is 0.411 e. The Labute approximate surface area is 112 Å². The summed E-state index contributed by atoms with van der Waals surface area (Å²) in [6.07, 6.45) is -4.57. The first-order valence-corrected chi connectivity index (χ1v) is 5.65. The van der Waals surface area contributed by atoms with Crippen molar-refractivity contribution in [1.29, 1.82) is 0 Å². The number of benzene rings is 1. The third kappa shape index (κ3) is 6.30. The molecule has 3 N–H and O–H groups in total. The first-order chi connectivity index (χ1) is 8.78. The second-order valence-corrected chi connectivity index (χ2v) is 4.11. The lowest BCUT2D eigenvalue weighted by molar-refractivity contribution is -0.174. The highest BCUT2D eigenvalue weighted by Gasteiger charge is 2.27. The number of halogens is 4. The highest BCUT2D eigenvalue weighted by Crippen LogP contribution is 2.22. The van der Waals surface area contributed by atoms with Gasteiger partial charge >= 0.3 is 6.18 Å². The molecule has 0 saturated carbocycles. The maximum atomic E-state index is 11.8. The predicted octanol–water partition coefficient (Wildman–Crippen LogP) is 2.83. The van der Waals surface area contributed by atoms with E-state index in [4.69, 9.17) is 17.3 Å². The molecule has 106 valence electrons. The number of nitrogens with two attached hydrogens (primary N) is 1. The molecule has 0 aliphatic carbocycles. The molecule has 0 atom stereocenters. The van der Waals surface area contributed by atoms with Gasteiger partial charge in [-0.3, -0.25) is 4.79 Å². The molecular formula is C11H12ClF3N2O2. The first kappa shape index (κ1) is 15.6. The minimum absolute atomic E-state index is 0.182. The molecule has 1 amide bonds. The fourth-order valence-corrected chi connectivity index (χ4v) is 1.32. The summed E-state index contributed by atoms with van der Waals surface area (Å²) in [7, 11) is 0. The Bertz CT molecular complexity index is 452. The average Bonchev–Trinajstić information content (AvgIpc) is 2.28. The van der Waals surface area contributed by atoms with E-state index in [0.29, 0.717) is 16.4 Å². The van der Waals surface area contributed by atoms with Crippen LogP contribution in [-0.2, 0) is 9.53 Å². The van der Waals surface area contributed by atoms with Crippen molar-refractivity contribution in [2.24, 2.45) is 0 Å².